The van der Waals surface area contributed by atoms with E-state index in [0.29, 0.717) is 10.0 Å². The summed E-state index contributed by atoms with van der Waals surface area (Å²) in [6, 6.07) is 5.61. The van der Waals surface area contributed by atoms with Crippen LogP contribution in [0.3, 0.4) is 0 Å². The van der Waals surface area contributed by atoms with Crippen LogP contribution in [-0.2, 0) is 6.54 Å². The van der Waals surface area contributed by atoms with Crippen molar-refractivity contribution in [1.82, 2.24) is 5.23 Å². The molecule has 1 N–H and O–H groups in total. The van der Waals surface area contributed by atoms with Crippen LogP contribution in [0.2, 0.25) is 10.0 Å². The van der Waals surface area contributed by atoms with Gasteiger partial charge in [-0.1, -0.05) is 29.3 Å². The van der Waals surface area contributed by atoms with Crippen LogP contribution in [0.15, 0.2) is 18.2 Å². The number of halogens is 2. The molecule has 0 aromatic heterocycles. The Morgan fingerprint density at radius 1 is 1.27 bits per heavy atom. The van der Waals surface area contributed by atoms with Crippen molar-refractivity contribution in [3.05, 3.63) is 33.8 Å². The number of rotatable bonds is 2. The molecule has 0 aliphatic heterocycles. The minimum absolute atomic E-state index is 0.603. The van der Waals surface area contributed by atoms with E-state index in [0.717, 1.165) is 12.1 Å². The molecule has 0 aliphatic carbocycles. The molecule has 4 heteroatoms. The van der Waals surface area contributed by atoms with Gasteiger partial charge in [0, 0.05) is 6.54 Å². The molecule has 1 aromatic rings. The highest BCUT2D eigenvalue weighted by Gasteiger charge is 1.97. The van der Waals surface area contributed by atoms with Gasteiger partial charge in [0.25, 0.3) is 0 Å². The Balaban J connectivity index is 2.86. The Bertz CT molecular complexity index is 252. The van der Waals surface area contributed by atoms with Crippen molar-refractivity contribution < 1.29 is 0 Å². The molecule has 0 atom stereocenters. The first-order valence-electron chi connectivity index (χ1n) is 3.32. The first-order chi connectivity index (χ1) is 5.24. The molecule has 1 nitrogen and oxygen atoms in total. The fourth-order valence-electron chi connectivity index (χ4n) is 0.854. The van der Waals surface area contributed by atoms with E-state index >= 15 is 0 Å². The molecule has 0 bridgehead atoms. The van der Waals surface area contributed by atoms with Crippen molar-refractivity contribution in [2.45, 2.75) is 6.54 Å². The lowest BCUT2D eigenvalue weighted by atomic mass is 10.2. The fourth-order valence-corrected chi connectivity index (χ4v) is 1.17. The van der Waals surface area contributed by atoms with Gasteiger partial charge in [-0.15, -0.1) is 0 Å². The number of hydrogen-bond donors (Lipinski definition) is 1. The van der Waals surface area contributed by atoms with Gasteiger partial charge in [0.15, 0.2) is 7.98 Å². The highest BCUT2D eigenvalue weighted by Crippen LogP contribution is 2.22. The predicted molar refractivity (Wildman–Crippen MR) is 51.8 cm³/mol. The Kier molecular flexibility index (Phi) is 3.25. The van der Waals surface area contributed by atoms with E-state index in [2.05, 4.69) is 5.23 Å². The summed E-state index contributed by atoms with van der Waals surface area (Å²) in [5.41, 5.74) is 1.14. The van der Waals surface area contributed by atoms with Gasteiger partial charge < -0.3 is 5.23 Å². The van der Waals surface area contributed by atoms with Crippen LogP contribution in [0, 0.1) is 0 Å². The summed E-state index contributed by atoms with van der Waals surface area (Å²) < 4.78 is 0. The topological polar surface area (TPSA) is 12.0 Å². The molecular weight excluding hydrogens is 180 g/mol. The van der Waals surface area contributed by atoms with E-state index in [1.807, 2.05) is 20.1 Å². The van der Waals surface area contributed by atoms with Crippen molar-refractivity contribution in [2.75, 3.05) is 0 Å². The minimum Gasteiger partial charge on any atom is -0.358 e. The van der Waals surface area contributed by atoms with E-state index in [-0.39, 0.29) is 0 Å². The maximum absolute atomic E-state index is 5.79. The largest absolute Gasteiger partial charge is 0.358 e. The van der Waals surface area contributed by atoms with E-state index in [4.69, 9.17) is 23.2 Å². The van der Waals surface area contributed by atoms with Gasteiger partial charge in [0.1, 0.15) is 0 Å². The van der Waals surface area contributed by atoms with Crippen LogP contribution >= 0.6 is 23.2 Å². The van der Waals surface area contributed by atoms with Gasteiger partial charge in [0.05, 0.1) is 10.0 Å². The lowest BCUT2D eigenvalue weighted by Crippen LogP contribution is -2.06. The minimum atomic E-state index is 0.603. The third-order valence-electron chi connectivity index (χ3n) is 1.36. The van der Waals surface area contributed by atoms with Crippen LogP contribution < -0.4 is 5.23 Å². The number of nitrogens with one attached hydrogen (secondary N) is 1. The summed E-state index contributed by atoms with van der Waals surface area (Å²) >= 11 is 11.5. The third kappa shape index (κ3) is 2.40. The first-order valence-corrected chi connectivity index (χ1v) is 4.08. The molecule has 1 rings (SSSR count). The van der Waals surface area contributed by atoms with E-state index in [9.17, 15) is 0 Å². The zero-order valence-corrected chi connectivity index (χ0v) is 7.71. The fraction of sp³-hybridized carbons (Fsp3) is 0.143. The zero-order chi connectivity index (χ0) is 8.27. The van der Waals surface area contributed by atoms with Gasteiger partial charge in [-0.05, 0) is 17.7 Å². The number of benzene rings is 1. The normalized spacial score (nSPS) is 10.0. The van der Waals surface area contributed by atoms with Gasteiger partial charge in [0.2, 0.25) is 0 Å². The molecule has 11 heavy (non-hydrogen) atoms. The second-order valence-electron chi connectivity index (χ2n) is 2.28. The second-order valence-corrected chi connectivity index (χ2v) is 3.09. The smallest absolute Gasteiger partial charge is 0.182 e. The zero-order valence-electron chi connectivity index (χ0n) is 6.20. The van der Waals surface area contributed by atoms with Gasteiger partial charge >= 0.3 is 0 Å². The molecule has 0 fully saturated rings. The van der Waals surface area contributed by atoms with Gasteiger partial charge in [-0.2, -0.15) is 0 Å². The average Bonchev–Trinajstić information content (AvgIpc) is 1.98. The molecule has 0 spiro atoms. The van der Waals surface area contributed by atoms with E-state index in [1.165, 1.54) is 0 Å². The van der Waals surface area contributed by atoms with Crippen LogP contribution in [0.4, 0.5) is 0 Å². The molecule has 0 radical (unpaired) electrons. The summed E-state index contributed by atoms with van der Waals surface area (Å²) in [5, 5.41) is 4.24. The summed E-state index contributed by atoms with van der Waals surface area (Å²) in [7, 11) is 1.89. The monoisotopic (exact) mass is 187 g/mol. The Morgan fingerprint density at radius 2 is 2.00 bits per heavy atom. The lowest BCUT2D eigenvalue weighted by Gasteiger charge is -2.01. The van der Waals surface area contributed by atoms with E-state index < -0.39 is 0 Å². The molecule has 1 aromatic carbocycles. The Labute approximate surface area is 77.1 Å². The molecular formula is C7H8BCl2N. The quantitative estimate of drug-likeness (QED) is 0.695. The first kappa shape index (κ1) is 8.92. The van der Waals surface area contributed by atoms with Crippen LogP contribution in [-0.4, -0.2) is 7.98 Å². The van der Waals surface area contributed by atoms with Crippen molar-refractivity contribution >= 4 is 31.2 Å². The van der Waals surface area contributed by atoms with Crippen LogP contribution in [0.1, 0.15) is 5.56 Å². The lowest BCUT2D eigenvalue weighted by molar-refractivity contribution is 0.962. The van der Waals surface area contributed by atoms with Gasteiger partial charge in [-0.3, -0.25) is 0 Å². The Morgan fingerprint density at radius 3 is 2.55 bits per heavy atom. The molecule has 0 saturated heterocycles. The third-order valence-corrected chi connectivity index (χ3v) is 2.10. The van der Waals surface area contributed by atoms with E-state index in [1.54, 1.807) is 6.07 Å². The standard InChI is InChI=1S/C7H8BCl2N/c8-11-4-5-1-2-6(9)7(10)3-5/h1-3,11H,4,8H2. The van der Waals surface area contributed by atoms with Gasteiger partial charge in [-0.25, -0.2) is 0 Å². The van der Waals surface area contributed by atoms with Crippen LogP contribution in [0.5, 0.6) is 0 Å². The summed E-state index contributed by atoms with van der Waals surface area (Å²) in [6.45, 7) is 0.816. The molecule has 0 aliphatic rings. The van der Waals surface area contributed by atoms with Crippen LogP contribution in [0.25, 0.3) is 0 Å². The maximum atomic E-state index is 5.79. The highest BCUT2D eigenvalue weighted by atomic mass is 35.5. The van der Waals surface area contributed by atoms with Crippen molar-refractivity contribution in [3.8, 4) is 0 Å². The molecule has 0 heterocycles. The average molecular weight is 188 g/mol. The van der Waals surface area contributed by atoms with Crippen molar-refractivity contribution in [2.24, 2.45) is 0 Å². The summed E-state index contributed by atoms with van der Waals surface area (Å²) in [5.74, 6) is 0. The second kappa shape index (κ2) is 4.00. The SMILES string of the molecule is BNCc1ccc(Cl)c(Cl)c1. The predicted octanol–water partition coefficient (Wildman–Crippen LogP) is 1.63. The van der Waals surface area contributed by atoms with Crippen molar-refractivity contribution in [3.63, 3.8) is 0 Å². The van der Waals surface area contributed by atoms with Crippen molar-refractivity contribution in [1.29, 1.82) is 0 Å². The molecule has 58 valence electrons. The molecule has 0 saturated carbocycles. The highest BCUT2D eigenvalue weighted by molar-refractivity contribution is 6.42. The Hall–Kier alpha value is -0.175. The number of hydrogen-bond acceptors (Lipinski definition) is 1. The molecule has 0 amide bonds. The summed E-state index contributed by atoms with van der Waals surface area (Å²) in [4.78, 5) is 0. The maximum Gasteiger partial charge on any atom is 0.182 e. The summed E-state index contributed by atoms with van der Waals surface area (Å²) in [6.07, 6.45) is 0. The molecule has 0 unspecified atom stereocenters.